The van der Waals surface area contributed by atoms with Gasteiger partial charge in [0.1, 0.15) is 5.75 Å². The van der Waals surface area contributed by atoms with Crippen molar-refractivity contribution in [1.82, 2.24) is 10.2 Å². The van der Waals surface area contributed by atoms with Crippen molar-refractivity contribution in [3.05, 3.63) is 54.1 Å². The Morgan fingerprint density at radius 2 is 1.70 bits per heavy atom. The molecule has 2 N–H and O–H groups in total. The van der Waals surface area contributed by atoms with Gasteiger partial charge in [-0.2, -0.15) is 0 Å². The number of carbonyl (C=O) groups excluding carboxylic acids is 2. The Morgan fingerprint density at radius 3 is 2.37 bits per heavy atom. The van der Waals surface area contributed by atoms with Crippen molar-refractivity contribution in [3.8, 4) is 5.75 Å². The lowest BCUT2D eigenvalue weighted by Gasteiger charge is -2.35. The fourth-order valence-corrected chi connectivity index (χ4v) is 3.52. The van der Waals surface area contributed by atoms with Gasteiger partial charge >= 0.3 is 0 Å². The van der Waals surface area contributed by atoms with Gasteiger partial charge < -0.3 is 25.2 Å². The monoisotopic (exact) mass is 410 g/mol. The number of hydrogen-bond donors (Lipinski definition) is 2. The number of likely N-dealkylation sites (N-methyl/N-ethyl adjacent to an activating group) is 1. The lowest BCUT2D eigenvalue weighted by molar-refractivity contribution is -0.116. The third kappa shape index (κ3) is 5.73. The van der Waals surface area contributed by atoms with Crippen LogP contribution < -0.4 is 20.3 Å². The van der Waals surface area contributed by atoms with Crippen LogP contribution >= 0.6 is 0 Å². The van der Waals surface area contributed by atoms with Gasteiger partial charge in [-0.15, -0.1) is 0 Å². The number of anilines is 2. The zero-order valence-electron chi connectivity index (χ0n) is 17.7. The summed E-state index contributed by atoms with van der Waals surface area (Å²) in [6.45, 7) is 7.74. The first-order valence-corrected chi connectivity index (χ1v) is 10.4. The maximum atomic E-state index is 12.3. The highest BCUT2D eigenvalue weighted by Gasteiger charge is 2.16. The highest BCUT2D eigenvalue weighted by Crippen LogP contribution is 2.20. The molecule has 0 radical (unpaired) electrons. The molecule has 1 saturated heterocycles. The Labute approximate surface area is 178 Å². The van der Waals surface area contributed by atoms with Crippen molar-refractivity contribution in [1.29, 1.82) is 0 Å². The second kappa shape index (κ2) is 10.6. The zero-order chi connectivity index (χ0) is 21.3. The van der Waals surface area contributed by atoms with E-state index in [9.17, 15) is 9.59 Å². The molecule has 1 heterocycles. The van der Waals surface area contributed by atoms with Gasteiger partial charge in [0.15, 0.2) is 0 Å². The number of amides is 2. The summed E-state index contributed by atoms with van der Waals surface area (Å²) in [7, 11) is 1.52. The molecule has 1 aliphatic heterocycles. The Morgan fingerprint density at radius 1 is 1.00 bits per heavy atom. The number of hydrogen-bond acceptors (Lipinski definition) is 5. The molecular weight excluding hydrogens is 380 g/mol. The molecule has 0 aliphatic carbocycles. The van der Waals surface area contributed by atoms with Crippen molar-refractivity contribution in [2.45, 2.75) is 13.3 Å². The summed E-state index contributed by atoms with van der Waals surface area (Å²) in [5.74, 6) is 0.114. The predicted octanol–water partition coefficient (Wildman–Crippen LogP) is 2.60. The van der Waals surface area contributed by atoms with Gasteiger partial charge in [-0.3, -0.25) is 9.59 Å². The largest absolute Gasteiger partial charge is 0.496 e. The van der Waals surface area contributed by atoms with Crippen LogP contribution in [0.2, 0.25) is 0 Å². The molecule has 160 valence electrons. The van der Waals surface area contributed by atoms with E-state index in [0.717, 1.165) is 38.4 Å². The van der Waals surface area contributed by atoms with Gasteiger partial charge in [0.25, 0.3) is 5.91 Å². The molecule has 30 heavy (non-hydrogen) atoms. The Balaban J connectivity index is 1.43. The van der Waals surface area contributed by atoms with Crippen molar-refractivity contribution >= 4 is 23.2 Å². The molecule has 0 bridgehead atoms. The number of benzene rings is 2. The quantitative estimate of drug-likeness (QED) is 0.700. The number of para-hydroxylation sites is 1. The summed E-state index contributed by atoms with van der Waals surface area (Å²) < 4.78 is 5.19. The third-order valence-corrected chi connectivity index (χ3v) is 5.32. The average Bonchev–Trinajstić information content (AvgIpc) is 2.79. The topological polar surface area (TPSA) is 73.9 Å². The highest BCUT2D eigenvalue weighted by molar-refractivity contribution is 5.97. The molecule has 3 rings (SSSR count). The second-order valence-corrected chi connectivity index (χ2v) is 7.22. The molecule has 0 unspecified atom stereocenters. The van der Waals surface area contributed by atoms with E-state index >= 15 is 0 Å². The molecule has 2 aromatic rings. The minimum atomic E-state index is -0.257. The van der Waals surface area contributed by atoms with Gasteiger partial charge in [-0.1, -0.05) is 19.1 Å². The molecule has 0 spiro atoms. The molecule has 7 heteroatoms. The summed E-state index contributed by atoms with van der Waals surface area (Å²) in [6, 6.07) is 14.9. The first-order valence-electron chi connectivity index (χ1n) is 10.4. The van der Waals surface area contributed by atoms with Gasteiger partial charge in [-0.05, 0) is 42.9 Å². The molecule has 7 nitrogen and oxygen atoms in total. The minimum absolute atomic E-state index is 0.139. The van der Waals surface area contributed by atoms with Crippen molar-refractivity contribution in [3.63, 3.8) is 0 Å². The van der Waals surface area contributed by atoms with E-state index in [0.29, 0.717) is 11.3 Å². The fourth-order valence-electron chi connectivity index (χ4n) is 3.52. The number of carbonyl (C=O) groups is 2. The minimum Gasteiger partial charge on any atom is -0.496 e. The zero-order valence-corrected chi connectivity index (χ0v) is 17.7. The van der Waals surface area contributed by atoms with E-state index in [1.807, 2.05) is 24.3 Å². The molecule has 1 aliphatic rings. The smallest absolute Gasteiger partial charge is 0.255 e. The molecule has 2 aromatic carbocycles. The molecule has 1 fully saturated rings. The summed E-state index contributed by atoms with van der Waals surface area (Å²) in [5, 5.41) is 5.64. The standard InChI is InChI=1S/C23H30N4O3/c1-3-26-14-16-27(17-15-26)19-10-8-18(9-11-19)25-22(28)12-13-24-23(29)20-6-4-5-7-21(20)30-2/h4-11H,3,12-17H2,1-2H3,(H,24,29)(H,25,28). The predicted molar refractivity (Wildman–Crippen MR) is 119 cm³/mol. The van der Waals surface area contributed by atoms with Crippen LogP contribution in [0.15, 0.2) is 48.5 Å². The average molecular weight is 411 g/mol. The van der Waals surface area contributed by atoms with Crippen molar-refractivity contribution < 1.29 is 14.3 Å². The van der Waals surface area contributed by atoms with E-state index in [4.69, 9.17) is 4.74 Å². The summed E-state index contributed by atoms with van der Waals surface area (Å²) in [6.07, 6.45) is 0.196. The Bertz CT molecular complexity index is 846. The van der Waals surface area contributed by atoms with Crippen LogP contribution in [0.1, 0.15) is 23.7 Å². The maximum absolute atomic E-state index is 12.3. The number of rotatable bonds is 8. The normalized spacial score (nSPS) is 14.3. The van der Waals surface area contributed by atoms with Crippen LogP contribution in [0.4, 0.5) is 11.4 Å². The summed E-state index contributed by atoms with van der Waals surface area (Å²) in [4.78, 5) is 29.3. The van der Waals surface area contributed by atoms with Crippen LogP contribution in [0.3, 0.4) is 0 Å². The van der Waals surface area contributed by atoms with E-state index in [1.165, 1.54) is 12.8 Å². The maximum Gasteiger partial charge on any atom is 0.255 e. The number of nitrogens with one attached hydrogen (secondary N) is 2. The number of methoxy groups -OCH3 is 1. The third-order valence-electron chi connectivity index (χ3n) is 5.32. The van der Waals surface area contributed by atoms with Crippen LogP contribution in [0, 0.1) is 0 Å². The second-order valence-electron chi connectivity index (χ2n) is 7.22. The summed E-state index contributed by atoms with van der Waals surface area (Å²) >= 11 is 0. The number of ether oxygens (including phenoxy) is 1. The molecular formula is C23H30N4O3. The lowest BCUT2D eigenvalue weighted by atomic mass is 10.2. The number of nitrogens with zero attached hydrogens (tertiary/aromatic N) is 2. The first kappa shape index (κ1) is 21.6. The van der Waals surface area contributed by atoms with Gasteiger partial charge in [0, 0.05) is 50.5 Å². The Kier molecular flexibility index (Phi) is 7.68. The highest BCUT2D eigenvalue weighted by atomic mass is 16.5. The molecule has 0 aromatic heterocycles. The van der Waals surface area contributed by atoms with E-state index < -0.39 is 0 Å². The number of piperazine rings is 1. The van der Waals surface area contributed by atoms with Crippen molar-refractivity contribution in [2.75, 3.05) is 56.6 Å². The molecule has 0 saturated carbocycles. The van der Waals surface area contributed by atoms with E-state index in [-0.39, 0.29) is 24.8 Å². The van der Waals surface area contributed by atoms with E-state index in [2.05, 4.69) is 27.4 Å². The molecule has 2 amide bonds. The van der Waals surface area contributed by atoms with Crippen LogP contribution in [-0.4, -0.2) is 63.1 Å². The van der Waals surface area contributed by atoms with Crippen LogP contribution in [-0.2, 0) is 4.79 Å². The Hall–Kier alpha value is -3.06. The first-order chi connectivity index (χ1) is 14.6. The summed E-state index contributed by atoms with van der Waals surface area (Å²) in [5.41, 5.74) is 2.38. The lowest BCUT2D eigenvalue weighted by Crippen LogP contribution is -2.46. The van der Waals surface area contributed by atoms with E-state index in [1.54, 1.807) is 24.3 Å². The fraction of sp³-hybridized carbons (Fsp3) is 0.391. The van der Waals surface area contributed by atoms with Gasteiger partial charge in [0.05, 0.1) is 12.7 Å². The van der Waals surface area contributed by atoms with Crippen LogP contribution in [0.5, 0.6) is 5.75 Å². The SMILES string of the molecule is CCN1CCN(c2ccc(NC(=O)CCNC(=O)c3ccccc3OC)cc2)CC1. The van der Waals surface area contributed by atoms with Crippen LogP contribution in [0.25, 0.3) is 0 Å². The van der Waals surface area contributed by atoms with Crippen molar-refractivity contribution in [2.24, 2.45) is 0 Å². The van der Waals surface area contributed by atoms with Gasteiger partial charge in [-0.25, -0.2) is 0 Å². The molecule has 0 atom stereocenters. The van der Waals surface area contributed by atoms with Gasteiger partial charge in [0.2, 0.25) is 5.91 Å².